The molecule has 0 aromatic heterocycles. The maximum absolute atomic E-state index is 12.4. The van der Waals surface area contributed by atoms with Crippen LogP contribution in [0.1, 0.15) is 43.0 Å². The number of unbranched alkanes of at least 4 members (excludes halogenated alkanes) is 3. The molecular formula is C21H25N3O5S. The van der Waals surface area contributed by atoms with Crippen LogP contribution in [0.25, 0.3) is 0 Å². The lowest BCUT2D eigenvalue weighted by Gasteiger charge is -2.13. The summed E-state index contributed by atoms with van der Waals surface area (Å²) in [6, 6.07) is 10.8. The Morgan fingerprint density at radius 1 is 1.13 bits per heavy atom. The largest absolute Gasteiger partial charge is 0.494 e. The van der Waals surface area contributed by atoms with E-state index in [1.807, 2.05) is 0 Å². The van der Waals surface area contributed by atoms with Gasteiger partial charge in [0, 0.05) is 11.6 Å². The summed E-state index contributed by atoms with van der Waals surface area (Å²) in [5.41, 5.74) is 0.716. The third kappa shape index (κ3) is 7.00. The predicted octanol–water partition coefficient (Wildman–Crippen LogP) is 4.69. The Hall–Kier alpha value is -3.20. The SMILES string of the molecule is CCCCCCOc1ccc(C(=O)NC(=S)Nc2ccc([N+](=O)[O-])cc2OC)cc1. The molecule has 0 bridgehead atoms. The summed E-state index contributed by atoms with van der Waals surface area (Å²) in [5, 5.41) is 16.3. The molecule has 2 N–H and O–H groups in total. The van der Waals surface area contributed by atoms with Gasteiger partial charge in [-0.2, -0.15) is 0 Å². The summed E-state index contributed by atoms with van der Waals surface area (Å²) in [7, 11) is 1.39. The monoisotopic (exact) mass is 431 g/mol. The second-order valence-corrected chi connectivity index (χ2v) is 6.89. The third-order valence-electron chi connectivity index (χ3n) is 4.25. The lowest BCUT2D eigenvalue weighted by molar-refractivity contribution is -0.384. The normalized spacial score (nSPS) is 10.2. The number of carbonyl (C=O) groups is 1. The molecule has 0 radical (unpaired) electrons. The number of nitrogens with zero attached hydrogens (tertiary/aromatic N) is 1. The summed E-state index contributed by atoms with van der Waals surface area (Å²) >= 11 is 5.16. The van der Waals surface area contributed by atoms with E-state index in [-0.39, 0.29) is 22.5 Å². The van der Waals surface area contributed by atoms with Crippen molar-refractivity contribution in [1.29, 1.82) is 0 Å². The summed E-state index contributed by atoms with van der Waals surface area (Å²) in [6.45, 7) is 2.81. The number of ether oxygens (including phenoxy) is 2. The Labute approximate surface area is 180 Å². The molecule has 0 fully saturated rings. The van der Waals surface area contributed by atoms with Crippen LogP contribution in [-0.4, -0.2) is 29.7 Å². The standard InChI is InChI=1S/C21H25N3O5S/c1-3-4-5-6-13-29-17-10-7-15(8-11-17)20(25)23-21(30)22-18-12-9-16(24(26)27)14-19(18)28-2/h7-12,14H,3-6,13H2,1-2H3,(H2,22,23,25,30). The molecule has 0 aliphatic carbocycles. The molecule has 0 aliphatic rings. The topological polar surface area (TPSA) is 103 Å². The molecule has 0 saturated carbocycles. The number of anilines is 1. The molecule has 1 amide bonds. The number of thiocarbonyl (C=S) groups is 1. The predicted molar refractivity (Wildman–Crippen MR) is 119 cm³/mol. The van der Waals surface area contributed by atoms with Gasteiger partial charge in [-0.05, 0) is 49.0 Å². The summed E-state index contributed by atoms with van der Waals surface area (Å²) in [5.74, 6) is 0.559. The zero-order valence-corrected chi connectivity index (χ0v) is 17.8. The van der Waals surface area contributed by atoms with Crippen molar-refractivity contribution >= 4 is 34.6 Å². The smallest absolute Gasteiger partial charge is 0.273 e. The molecule has 0 atom stereocenters. The second-order valence-electron chi connectivity index (χ2n) is 6.48. The van der Waals surface area contributed by atoms with E-state index in [1.165, 1.54) is 38.2 Å². The van der Waals surface area contributed by atoms with Crippen molar-refractivity contribution in [2.24, 2.45) is 0 Å². The Morgan fingerprint density at radius 3 is 2.50 bits per heavy atom. The number of methoxy groups -OCH3 is 1. The number of hydrogen-bond acceptors (Lipinski definition) is 6. The maximum atomic E-state index is 12.4. The first-order valence-electron chi connectivity index (χ1n) is 9.62. The van der Waals surface area contributed by atoms with E-state index in [1.54, 1.807) is 24.3 Å². The van der Waals surface area contributed by atoms with E-state index >= 15 is 0 Å². The highest BCUT2D eigenvalue weighted by Gasteiger charge is 2.14. The van der Waals surface area contributed by atoms with E-state index in [0.29, 0.717) is 23.6 Å². The van der Waals surface area contributed by atoms with Crippen LogP contribution in [-0.2, 0) is 0 Å². The van der Waals surface area contributed by atoms with Gasteiger partial charge < -0.3 is 14.8 Å². The molecule has 160 valence electrons. The van der Waals surface area contributed by atoms with E-state index in [4.69, 9.17) is 21.7 Å². The highest BCUT2D eigenvalue weighted by Crippen LogP contribution is 2.28. The van der Waals surface area contributed by atoms with Gasteiger partial charge in [0.25, 0.3) is 11.6 Å². The number of amides is 1. The molecule has 30 heavy (non-hydrogen) atoms. The molecule has 2 aromatic carbocycles. The van der Waals surface area contributed by atoms with Crippen molar-refractivity contribution in [1.82, 2.24) is 5.32 Å². The van der Waals surface area contributed by atoms with Gasteiger partial charge in [0.2, 0.25) is 0 Å². The third-order valence-corrected chi connectivity index (χ3v) is 4.46. The molecule has 8 nitrogen and oxygen atoms in total. The lowest BCUT2D eigenvalue weighted by atomic mass is 10.2. The van der Waals surface area contributed by atoms with Crippen LogP contribution in [0.3, 0.4) is 0 Å². The number of benzene rings is 2. The minimum absolute atomic E-state index is 0.0448. The van der Waals surface area contributed by atoms with Crippen molar-refractivity contribution in [3.05, 3.63) is 58.1 Å². The van der Waals surface area contributed by atoms with Crippen LogP contribution < -0.4 is 20.1 Å². The summed E-state index contributed by atoms with van der Waals surface area (Å²) in [4.78, 5) is 22.7. The van der Waals surface area contributed by atoms with Crippen molar-refractivity contribution in [2.75, 3.05) is 19.0 Å². The number of nitro benzene ring substituents is 1. The second kappa shape index (κ2) is 11.7. The van der Waals surface area contributed by atoms with Gasteiger partial charge in [-0.15, -0.1) is 0 Å². The van der Waals surface area contributed by atoms with Gasteiger partial charge in [-0.3, -0.25) is 20.2 Å². The fourth-order valence-electron chi connectivity index (χ4n) is 2.65. The number of hydrogen-bond donors (Lipinski definition) is 2. The molecule has 0 saturated heterocycles. The van der Waals surface area contributed by atoms with Crippen LogP contribution in [0.15, 0.2) is 42.5 Å². The quantitative estimate of drug-likeness (QED) is 0.243. The lowest BCUT2D eigenvalue weighted by Crippen LogP contribution is -2.34. The number of carbonyl (C=O) groups excluding carboxylic acids is 1. The first-order valence-corrected chi connectivity index (χ1v) is 10.0. The molecule has 0 spiro atoms. The van der Waals surface area contributed by atoms with E-state index in [9.17, 15) is 14.9 Å². The number of non-ortho nitro benzene ring substituents is 1. The molecule has 0 heterocycles. The Morgan fingerprint density at radius 2 is 1.87 bits per heavy atom. The first-order chi connectivity index (χ1) is 14.4. The van der Waals surface area contributed by atoms with Gasteiger partial charge in [0.05, 0.1) is 30.4 Å². The molecule has 0 aliphatic heterocycles. The fourth-order valence-corrected chi connectivity index (χ4v) is 2.85. The average molecular weight is 432 g/mol. The van der Waals surface area contributed by atoms with Gasteiger partial charge in [0.1, 0.15) is 11.5 Å². The van der Waals surface area contributed by atoms with E-state index in [0.717, 1.165) is 12.8 Å². The van der Waals surface area contributed by atoms with E-state index in [2.05, 4.69) is 17.6 Å². The van der Waals surface area contributed by atoms with E-state index < -0.39 is 4.92 Å². The summed E-state index contributed by atoms with van der Waals surface area (Å²) in [6.07, 6.45) is 4.52. The molecule has 2 aromatic rings. The van der Waals surface area contributed by atoms with Crippen LogP contribution >= 0.6 is 12.2 Å². The van der Waals surface area contributed by atoms with Gasteiger partial charge in [-0.25, -0.2) is 0 Å². The Balaban J connectivity index is 1.90. The minimum Gasteiger partial charge on any atom is -0.494 e. The zero-order chi connectivity index (χ0) is 21.9. The van der Waals surface area contributed by atoms with Crippen LogP contribution in [0.5, 0.6) is 11.5 Å². The Bertz CT molecular complexity index is 887. The molecule has 2 rings (SSSR count). The highest BCUT2D eigenvalue weighted by molar-refractivity contribution is 7.80. The number of nitrogens with one attached hydrogen (secondary N) is 2. The van der Waals surface area contributed by atoms with Crippen molar-refractivity contribution < 1.29 is 19.2 Å². The fraction of sp³-hybridized carbons (Fsp3) is 0.333. The molecular weight excluding hydrogens is 406 g/mol. The zero-order valence-electron chi connectivity index (χ0n) is 17.0. The van der Waals surface area contributed by atoms with Crippen molar-refractivity contribution in [3.63, 3.8) is 0 Å². The average Bonchev–Trinajstić information content (AvgIpc) is 2.74. The van der Waals surface area contributed by atoms with Gasteiger partial charge in [-0.1, -0.05) is 26.2 Å². The maximum Gasteiger partial charge on any atom is 0.273 e. The number of rotatable bonds is 10. The Kier molecular flexibility index (Phi) is 9.02. The molecule has 9 heteroatoms. The minimum atomic E-state index is -0.523. The van der Waals surface area contributed by atoms with Crippen molar-refractivity contribution in [2.45, 2.75) is 32.6 Å². The van der Waals surface area contributed by atoms with Gasteiger partial charge >= 0.3 is 0 Å². The van der Waals surface area contributed by atoms with Crippen molar-refractivity contribution in [3.8, 4) is 11.5 Å². The van der Waals surface area contributed by atoms with Gasteiger partial charge in [0.15, 0.2) is 5.11 Å². The number of nitro groups is 1. The van der Waals surface area contributed by atoms with Crippen LogP contribution in [0, 0.1) is 10.1 Å². The van der Waals surface area contributed by atoms with Crippen LogP contribution in [0.4, 0.5) is 11.4 Å². The first kappa shape index (κ1) is 23.1. The summed E-state index contributed by atoms with van der Waals surface area (Å²) < 4.78 is 10.8. The highest BCUT2D eigenvalue weighted by atomic mass is 32.1. The molecule has 0 unspecified atom stereocenters. The van der Waals surface area contributed by atoms with Crippen LogP contribution in [0.2, 0.25) is 0 Å².